The van der Waals surface area contributed by atoms with Crippen LogP contribution in [0, 0.1) is 6.92 Å². The fourth-order valence-electron chi connectivity index (χ4n) is 1.83. The molecule has 9 heteroatoms. The summed E-state index contributed by atoms with van der Waals surface area (Å²) in [6, 6.07) is 7.19. The highest BCUT2D eigenvalue weighted by Gasteiger charge is 2.34. The molecule has 0 aliphatic heterocycles. The van der Waals surface area contributed by atoms with Gasteiger partial charge in [0.1, 0.15) is 0 Å². The van der Waals surface area contributed by atoms with E-state index in [1.165, 1.54) is 12.1 Å². The SMILES string of the molecule is Cc1cc(Cl)ccc1NS(=O)(=O)c1ccc(Br)c(C(F)(F)F)c1. The van der Waals surface area contributed by atoms with Crippen LogP contribution < -0.4 is 4.72 Å². The van der Waals surface area contributed by atoms with Crippen molar-refractivity contribution in [2.75, 3.05) is 4.72 Å². The largest absolute Gasteiger partial charge is 0.417 e. The van der Waals surface area contributed by atoms with Gasteiger partial charge in [-0.1, -0.05) is 27.5 Å². The molecule has 124 valence electrons. The molecule has 0 saturated heterocycles. The van der Waals surface area contributed by atoms with Crippen molar-refractivity contribution in [2.45, 2.75) is 18.0 Å². The normalized spacial score (nSPS) is 12.3. The number of rotatable bonds is 3. The maximum Gasteiger partial charge on any atom is 0.417 e. The second kappa shape index (κ2) is 6.33. The van der Waals surface area contributed by atoms with Gasteiger partial charge in [0.15, 0.2) is 0 Å². The molecule has 0 aliphatic rings. The Morgan fingerprint density at radius 3 is 2.35 bits per heavy atom. The van der Waals surface area contributed by atoms with E-state index in [1.807, 2.05) is 0 Å². The molecule has 0 atom stereocenters. The zero-order valence-corrected chi connectivity index (χ0v) is 14.7. The van der Waals surface area contributed by atoms with Crippen molar-refractivity contribution in [3.63, 3.8) is 0 Å². The molecule has 3 nitrogen and oxygen atoms in total. The summed E-state index contributed by atoms with van der Waals surface area (Å²) in [6.07, 6.45) is -4.67. The quantitative estimate of drug-likeness (QED) is 0.727. The van der Waals surface area contributed by atoms with E-state index >= 15 is 0 Å². The minimum Gasteiger partial charge on any atom is -0.279 e. The van der Waals surface area contributed by atoms with E-state index in [2.05, 4.69) is 20.7 Å². The highest BCUT2D eigenvalue weighted by atomic mass is 79.9. The fraction of sp³-hybridized carbons (Fsp3) is 0.143. The van der Waals surface area contributed by atoms with Crippen LogP contribution >= 0.6 is 27.5 Å². The summed E-state index contributed by atoms with van der Waals surface area (Å²) in [5.41, 5.74) is -0.270. The van der Waals surface area contributed by atoms with Crippen molar-refractivity contribution in [1.82, 2.24) is 0 Å². The van der Waals surface area contributed by atoms with E-state index in [0.717, 1.165) is 12.1 Å². The van der Waals surface area contributed by atoms with Crippen molar-refractivity contribution >= 4 is 43.2 Å². The minimum atomic E-state index is -4.67. The van der Waals surface area contributed by atoms with Crippen LogP contribution in [0.15, 0.2) is 45.8 Å². The molecule has 1 N–H and O–H groups in total. The van der Waals surface area contributed by atoms with Gasteiger partial charge in [-0.3, -0.25) is 4.72 Å². The standard InChI is InChI=1S/C14H10BrClF3NO2S/c1-8-6-9(16)2-5-13(8)20-23(21,22)10-3-4-12(15)11(7-10)14(17,18)19/h2-7,20H,1H3. The third-order valence-corrected chi connectivity index (χ3v) is 5.28. The van der Waals surface area contributed by atoms with E-state index in [1.54, 1.807) is 13.0 Å². The Labute approximate surface area is 144 Å². The third-order valence-electron chi connectivity index (χ3n) is 2.99. The van der Waals surface area contributed by atoms with Gasteiger partial charge >= 0.3 is 6.18 Å². The van der Waals surface area contributed by atoms with Crippen LogP contribution in [0.1, 0.15) is 11.1 Å². The van der Waals surface area contributed by atoms with Crippen LogP contribution in [0.5, 0.6) is 0 Å². The van der Waals surface area contributed by atoms with Crippen LogP contribution in [0.4, 0.5) is 18.9 Å². The average molecular weight is 429 g/mol. The van der Waals surface area contributed by atoms with Crippen LogP contribution in [-0.4, -0.2) is 8.42 Å². The lowest BCUT2D eigenvalue weighted by Gasteiger charge is -2.14. The Morgan fingerprint density at radius 1 is 1.13 bits per heavy atom. The zero-order chi connectivity index (χ0) is 17.4. The van der Waals surface area contributed by atoms with Crippen molar-refractivity contribution in [1.29, 1.82) is 0 Å². The van der Waals surface area contributed by atoms with Gasteiger partial charge in [-0.05, 0) is 48.9 Å². The summed E-state index contributed by atoms with van der Waals surface area (Å²) in [7, 11) is -4.16. The molecular formula is C14H10BrClF3NO2S. The monoisotopic (exact) mass is 427 g/mol. The first kappa shape index (κ1) is 18.1. The molecular weight excluding hydrogens is 419 g/mol. The van der Waals surface area contributed by atoms with Gasteiger partial charge in [0.25, 0.3) is 10.0 Å². The second-order valence-electron chi connectivity index (χ2n) is 4.70. The van der Waals surface area contributed by atoms with Crippen molar-refractivity contribution in [2.24, 2.45) is 0 Å². The number of hydrogen-bond donors (Lipinski definition) is 1. The van der Waals surface area contributed by atoms with Gasteiger partial charge in [0.2, 0.25) is 0 Å². The predicted octanol–water partition coefficient (Wildman–Crippen LogP) is 5.23. The molecule has 0 unspecified atom stereocenters. The van der Waals surface area contributed by atoms with Gasteiger partial charge in [-0.15, -0.1) is 0 Å². The van der Waals surface area contributed by atoms with E-state index < -0.39 is 26.7 Å². The Morgan fingerprint density at radius 2 is 1.78 bits per heavy atom. The molecule has 2 aromatic rings. The van der Waals surface area contributed by atoms with Gasteiger partial charge in [0, 0.05) is 9.50 Å². The lowest BCUT2D eigenvalue weighted by atomic mass is 10.2. The number of sulfonamides is 1. The van der Waals surface area contributed by atoms with Crippen molar-refractivity contribution in [3.05, 3.63) is 57.0 Å². The first-order chi connectivity index (χ1) is 10.5. The molecule has 0 fully saturated rings. The Hall–Kier alpha value is -1.25. The number of benzene rings is 2. The van der Waals surface area contributed by atoms with Gasteiger partial charge < -0.3 is 0 Å². The number of aryl methyl sites for hydroxylation is 1. The molecule has 2 aromatic carbocycles. The summed E-state index contributed by atoms with van der Waals surface area (Å²) < 4.78 is 65.3. The van der Waals surface area contributed by atoms with Crippen LogP contribution in [0.25, 0.3) is 0 Å². The fourth-order valence-corrected chi connectivity index (χ4v) is 3.69. The maximum absolute atomic E-state index is 12.9. The smallest absolute Gasteiger partial charge is 0.279 e. The lowest BCUT2D eigenvalue weighted by molar-refractivity contribution is -0.138. The first-order valence-electron chi connectivity index (χ1n) is 6.16. The first-order valence-corrected chi connectivity index (χ1v) is 8.82. The highest BCUT2D eigenvalue weighted by Crippen LogP contribution is 2.36. The van der Waals surface area contributed by atoms with Crippen LogP contribution in [-0.2, 0) is 16.2 Å². The molecule has 23 heavy (non-hydrogen) atoms. The molecule has 0 saturated carbocycles. The average Bonchev–Trinajstić information content (AvgIpc) is 2.41. The molecule has 0 spiro atoms. The summed E-state index contributed by atoms with van der Waals surface area (Å²) in [6.45, 7) is 1.63. The van der Waals surface area contributed by atoms with Crippen LogP contribution in [0.3, 0.4) is 0 Å². The number of halogens is 5. The van der Waals surface area contributed by atoms with Gasteiger partial charge in [-0.25, -0.2) is 8.42 Å². The van der Waals surface area contributed by atoms with E-state index in [4.69, 9.17) is 11.6 Å². The van der Waals surface area contributed by atoms with E-state index in [9.17, 15) is 21.6 Å². The molecule has 2 rings (SSSR count). The Bertz CT molecular complexity index is 854. The summed E-state index contributed by atoms with van der Waals surface area (Å²) >= 11 is 8.56. The maximum atomic E-state index is 12.9. The topological polar surface area (TPSA) is 46.2 Å². The third kappa shape index (κ3) is 4.19. The minimum absolute atomic E-state index is 0.230. The summed E-state index contributed by atoms with van der Waals surface area (Å²) in [5, 5.41) is 0.424. The zero-order valence-electron chi connectivity index (χ0n) is 11.6. The van der Waals surface area contributed by atoms with Gasteiger partial charge in [0.05, 0.1) is 16.1 Å². The van der Waals surface area contributed by atoms with Gasteiger partial charge in [-0.2, -0.15) is 13.2 Å². The number of alkyl halides is 3. The molecule has 0 aliphatic carbocycles. The Balaban J connectivity index is 2.44. The highest BCUT2D eigenvalue weighted by molar-refractivity contribution is 9.10. The molecule has 0 aromatic heterocycles. The predicted molar refractivity (Wildman–Crippen MR) is 86.1 cm³/mol. The molecule has 0 radical (unpaired) electrons. The summed E-state index contributed by atoms with van der Waals surface area (Å²) in [5.74, 6) is 0. The Kier molecular flexibility index (Phi) is 4.98. The number of nitrogens with one attached hydrogen (secondary N) is 1. The van der Waals surface area contributed by atoms with E-state index in [0.29, 0.717) is 16.7 Å². The lowest BCUT2D eigenvalue weighted by Crippen LogP contribution is -2.15. The molecule has 0 bridgehead atoms. The molecule has 0 amide bonds. The van der Waals surface area contributed by atoms with E-state index in [-0.39, 0.29) is 10.2 Å². The van der Waals surface area contributed by atoms with Crippen molar-refractivity contribution in [3.8, 4) is 0 Å². The molecule has 0 heterocycles. The van der Waals surface area contributed by atoms with Crippen molar-refractivity contribution < 1.29 is 21.6 Å². The second-order valence-corrected chi connectivity index (χ2v) is 7.68. The number of anilines is 1. The number of hydrogen-bond acceptors (Lipinski definition) is 2. The van der Waals surface area contributed by atoms with Crippen LogP contribution in [0.2, 0.25) is 5.02 Å². The summed E-state index contributed by atoms with van der Waals surface area (Å²) in [4.78, 5) is -0.484.